The van der Waals surface area contributed by atoms with Crippen LogP contribution in [-0.2, 0) is 17.6 Å². The molecular formula is C22H31N3O2. The van der Waals surface area contributed by atoms with Crippen LogP contribution in [0.3, 0.4) is 0 Å². The molecule has 27 heavy (non-hydrogen) atoms. The van der Waals surface area contributed by atoms with Crippen LogP contribution in [0.4, 0.5) is 0 Å². The summed E-state index contributed by atoms with van der Waals surface area (Å²) in [6.45, 7) is 6.94. The zero-order valence-corrected chi connectivity index (χ0v) is 16.7. The summed E-state index contributed by atoms with van der Waals surface area (Å²) in [6, 6.07) is 12.6. The van der Waals surface area contributed by atoms with Gasteiger partial charge in [-0.3, -0.25) is 4.79 Å². The van der Waals surface area contributed by atoms with Crippen LogP contribution in [0.5, 0.6) is 0 Å². The number of nitrogens with one attached hydrogen (secondary N) is 1. The number of nitrogens with zero attached hydrogens (tertiary/aromatic N) is 2. The molecule has 1 saturated heterocycles. The molecule has 1 N–H and O–H groups in total. The molecule has 0 radical (unpaired) electrons. The van der Waals surface area contributed by atoms with E-state index in [1.54, 1.807) is 7.05 Å². The number of aromatic nitrogens is 1. The van der Waals surface area contributed by atoms with Crippen LogP contribution in [0.25, 0.3) is 0 Å². The van der Waals surface area contributed by atoms with Gasteiger partial charge >= 0.3 is 0 Å². The molecule has 1 amide bonds. The number of hydrogen-bond acceptors (Lipinski definition) is 4. The topological polar surface area (TPSA) is 58.4 Å². The summed E-state index contributed by atoms with van der Waals surface area (Å²) in [4.78, 5) is 15.1. The Bertz CT molecular complexity index is 741. The maximum Gasteiger partial charge on any atom is 0.227 e. The number of aryl methyl sites for hydroxylation is 1. The fraction of sp³-hybridized carbons (Fsp3) is 0.545. The zero-order valence-electron chi connectivity index (χ0n) is 16.7. The number of benzene rings is 1. The van der Waals surface area contributed by atoms with E-state index in [2.05, 4.69) is 59.6 Å². The first-order chi connectivity index (χ1) is 13.0. The Morgan fingerprint density at radius 3 is 2.78 bits per heavy atom. The maximum atomic E-state index is 12.7. The molecule has 1 aromatic carbocycles. The number of amides is 1. The molecule has 2 heterocycles. The third-order valence-corrected chi connectivity index (χ3v) is 5.61. The third kappa shape index (κ3) is 4.78. The van der Waals surface area contributed by atoms with Crippen molar-refractivity contribution < 1.29 is 9.32 Å². The van der Waals surface area contributed by atoms with Crippen LogP contribution in [0.15, 0.2) is 40.9 Å². The Balaban J connectivity index is 1.60. The minimum atomic E-state index is -0.421. The van der Waals surface area contributed by atoms with Crippen LogP contribution in [-0.4, -0.2) is 42.6 Å². The van der Waals surface area contributed by atoms with Gasteiger partial charge < -0.3 is 14.7 Å². The van der Waals surface area contributed by atoms with Gasteiger partial charge in [-0.25, -0.2) is 0 Å². The highest BCUT2D eigenvalue weighted by molar-refractivity contribution is 5.83. The van der Waals surface area contributed by atoms with Gasteiger partial charge in [0.2, 0.25) is 5.91 Å². The number of likely N-dealkylation sites (tertiary alicyclic amines) is 1. The number of hydrogen-bond donors (Lipinski definition) is 1. The van der Waals surface area contributed by atoms with E-state index < -0.39 is 5.41 Å². The highest BCUT2D eigenvalue weighted by Gasteiger charge is 2.44. The van der Waals surface area contributed by atoms with Gasteiger partial charge in [-0.05, 0) is 43.8 Å². The Morgan fingerprint density at radius 1 is 1.33 bits per heavy atom. The molecule has 1 fully saturated rings. The molecule has 1 unspecified atom stereocenters. The fourth-order valence-electron chi connectivity index (χ4n) is 3.99. The van der Waals surface area contributed by atoms with Crippen molar-refractivity contribution in [3.8, 4) is 0 Å². The first-order valence-corrected chi connectivity index (χ1v) is 9.96. The van der Waals surface area contributed by atoms with Crippen molar-refractivity contribution in [3.63, 3.8) is 0 Å². The summed E-state index contributed by atoms with van der Waals surface area (Å²) < 4.78 is 5.53. The molecule has 0 bridgehead atoms. The predicted octanol–water partition coefficient (Wildman–Crippen LogP) is 3.41. The summed E-state index contributed by atoms with van der Waals surface area (Å²) in [5.74, 6) is 1.25. The van der Waals surface area contributed by atoms with Crippen molar-refractivity contribution in [2.75, 3.05) is 26.7 Å². The Morgan fingerprint density at radius 2 is 2.11 bits per heavy atom. The minimum Gasteiger partial charge on any atom is -0.361 e. The molecule has 1 aliphatic heterocycles. The van der Waals surface area contributed by atoms with Gasteiger partial charge in [0.15, 0.2) is 0 Å². The average Bonchev–Trinajstić information content (AvgIpc) is 3.30. The van der Waals surface area contributed by atoms with Gasteiger partial charge in [0.1, 0.15) is 5.76 Å². The molecule has 5 nitrogen and oxygen atoms in total. The molecule has 1 aliphatic rings. The lowest BCUT2D eigenvalue weighted by atomic mass is 9.81. The standard InChI is InChI=1S/C22H31N3O2/c1-17(2)20-14-19(27-24-20)15-22(21(26)23-3)11-13-25(16-22)12-7-10-18-8-5-4-6-9-18/h4-6,8-9,14,17H,7,10-13,15-16H2,1-3H3,(H,23,26). The molecule has 5 heteroatoms. The normalized spacial score (nSPS) is 20.3. The summed E-state index contributed by atoms with van der Waals surface area (Å²) in [6.07, 6.45) is 3.65. The number of carbonyl (C=O) groups excluding carboxylic acids is 1. The number of rotatable bonds is 8. The van der Waals surface area contributed by atoms with Crippen molar-refractivity contribution in [2.24, 2.45) is 5.41 Å². The molecule has 3 rings (SSSR count). The van der Waals surface area contributed by atoms with Crippen molar-refractivity contribution >= 4 is 5.91 Å². The fourth-order valence-corrected chi connectivity index (χ4v) is 3.99. The van der Waals surface area contributed by atoms with E-state index in [-0.39, 0.29) is 5.91 Å². The summed E-state index contributed by atoms with van der Waals surface area (Å²) >= 11 is 0. The van der Waals surface area contributed by atoms with Crippen LogP contribution >= 0.6 is 0 Å². The van der Waals surface area contributed by atoms with Crippen LogP contribution in [0, 0.1) is 5.41 Å². The average molecular weight is 370 g/mol. The second kappa shape index (κ2) is 8.70. The lowest BCUT2D eigenvalue weighted by molar-refractivity contribution is -0.130. The molecule has 0 spiro atoms. The van der Waals surface area contributed by atoms with E-state index in [1.165, 1.54) is 5.56 Å². The molecule has 1 aromatic heterocycles. The van der Waals surface area contributed by atoms with Gasteiger partial charge in [-0.2, -0.15) is 0 Å². The second-order valence-corrected chi connectivity index (χ2v) is 8.02. The molecule has 0 aliphatic carbocycles. The molecular weight excluding hydrogens is 338 g/mol. The van der Waals surface area contributed by atoms with Gasteiger partial charge in [0, 0.05) is 26.1 Å². The lowest BCUT2D eigenvalue weighted by Gasteiger charge is -2.26. The van der Waals surface area contributed by atoms with Crippen LogP contribution < -0.4 is 5.32 Å². The maximum absolute atomic E-state index is 12.7. The number of carbonyl (C=O) groups is 1. The predicted molar refractivity (Wildman–Crippen MR) is 107 cm³/mol. The SMILES string of the molecule is CNC(=O)C1(Cc2cc(C(C)C)no2)CCN(CCCc2ccccc2)C1. The summed E-state index contributed by atoms with van der Waals surface area (Å²) in [5, 5.41) is 7.03. The minimum absolute atomic E-state index is 0.107. The van der Waals surface area contributed by atoms with Gasteiger partial charge in [-0.15, -0.1) is 0 Å². The van der Waals surface area contributed by atoms with Gasteiger partial charge in [-0.1, -0.05) is 49.3 Å². The largest absolute Gasteiger partial charge is 0.361 e. The monoisotopic (exact) mass is 369 g/mol. The van der Waals surface area contributed by atoms with Crippen molar-refractivity contribution in [1.29, 1.82) is 0 Å². The van der Waals surface area contributed by atoms with E-state index in [0.717, 1.165) is 50.4 Å². The third-order valence-electron chi connectivity index (χ3n) is 5.61. The van der Waals surface area contributed by atoms with Crippen LogP contribution in [0.1, 0.15) is 49.6 Å². The van der Waals surface area contributed by atoms with E-state index >= 15 is 0 Å². The first-order valence-electron chi connectivity index (χ1n) is 9.96. The van der Waals surface area contributed by atoms with E-state index in [4.69, 9.17) is 4.52 Å². The Kier molecular flexibility index (Phi) is 6.32. The van der Waals surface area contributed by atoms with Crippen molar-refractivity contribution in [1.82, 2.24) is 15.4 Å². The molecule has 1 atom stereocenters. The Labute approximate surface area is 162 Å². The quantitative estimate of drug-likeness (QED) is 0.775. The Hall–Kier alpha value is -2.14. The highest BCUT2D eigenvalue weighted by atomic mass is 16.5. The molecule has 2 aromatic rings. The van der Waals surface area contributed by atoms with Crippen molar-refractivity contribution in [2.45, 2.75) is 45.4 Å². The zero-order chi connectivity index (χ0) is 19.3. The van der Waals surface area contributed by atoms with Gasteiger partial charge in [0.25, 0.3) is 0 Å². The molecule has 146 valence electrons. The summed E-state index contributed by atoms with van der Waals surface area (Å²) in [5.41, 5.74) is 1.90. The second-order valence-electron chi connectivity index (χ2n) is 8.02. The first kappa shape index (κ1) is 19.6. The smallest absolute Gasteiger partial charge is 0.227 e. The molecule has 0 saturated carbocycles. The lowest BCUT2D eigenvalue weighted by Crippen LogP contribution is -2.43. The van der Waals surface area contributed by atoms with E-state index in [1.807, 2.05) is 6.07 Å². The van der Waals surface area contributed by atoms with E-state index in [0.29, 0.717) is 12.3 Å². The summed E-state index contributed by atoms with van der Waals surface area (Å²) in [7, 11) is 1.72. The highest BCUT2D eigenvalue weighted by Crippen LogP contribution is 2.35. The van der Waals surface area contributed by atoms with Gasteiger partial charge in [0.05, 0.1) is 11.1 Å². The van der Waals surface area contributed by atoms with Crippen molar-refractivity contribution in [3.05, 3.63) is 53.4 Å². The van der Waals surface area contributed by atoms with Crippen LogP contribution in [0.2, 0.25) is 0 Å². The van der Waals surface area contributed by atoms with E-state index in [9.17, 15) is 4.79 Å².